The van der Waals surface area contributed by atoms with E-state index in [-0.39, 0.29) is 0 Å². The third-order valence-electron chi connectivity index (χ3n) is 3.51. The van der Waals surface area contributed by atoms with Gasteiger partial charge >= 0.3 is 0 Å². The van der Waals surface area contributed by atoms with Crippen molar-refractivity contribution >= 4 is 0 Å². The highest BCUT2D eigenvalue weighted by molar-refractivity contribution is 5.28. The largest absolute Gasteiger partial charge is 0.0622 e. The summed E-state index contributed by atoms with van der Waals surface area (Å²) in [5, 5.41) is 0. The summed E-state index contributed by atoms with van der Waals surface area (Å²) in [7, 11) is 0. The van der Waals surface area contributed by atoms with Crippen LogP contribution >= 0.6 is 0 Å². The fourth-order valence-electron chi connectivity index (χ4n) is 2.39. The molecule has 0 nitrogen and oxygen atoms in total. The Morgan fingerprint density at radius 1 is 0.722 bits per heavy atom. The van der Waals surface area contributed by atoms with Crippen LogP contribution in [0.25, 0.3) is 0 Å². The summed E-state index contributed by atoms with van der Waals surface area (Å²) in [5.74, 6) is 0. The van der Waals surface area contributed by atoms with Gasteiger partial charge < -0.3 is 0 Å². The van der Waals surface area contributed by atoms with E-state index >= 15 is 0 Å². The van der Waals surface area contributed by atoms with Crippen LogP contribution in [0.15, 0.2) is 54.6 Å². The van der Waals surface area contributed by atoms with Gasteiger partial charge in [-0.2, -0.15) is 0 Å². The Kier molecular flexibility index (Phi) is 5.01. The van der Waals surface area contributed by atoms with E-state index in [0.29, 0.717) is 0 Å². The number of aryl methyl sites for hydroxylation is 3. The fourth-order valence-corrected chi connectivity index (χ4v) is 2.39. The van der Waals surface area contributed by atoms with E-state index < -0.39 is 0 Å². The minimum Gasteiger partial charge on any atom is -0.0622 e. The lowest BCUT2D eigenvalue weighted by Gasteiger charge is -2.13. The molecule has 0 heterocycles. The molecule has 0 heteroatoms. The number of hydrogen-bond donors (Lipinski definition) is 0. The molecule has 0 aromatic heterocycles. The van der Waals surface area contributed by atoms with Crippen LogP contribution in [0.5, 0.6) is 0 Å². The summed E-state index contributed by atoms with van der Waals surface area (Å²) in [6, 6.07) is 19.3. The van der Waals surface area contributed by atoms with Crippen LogP contribution in [0.3, 0.4) is 0 Å². The zero-order valence-corrected chi connectivity index (χ0v) is 11.2. The van der Waals surface area contributed by atoms with E-state index in [2.05, 4.69) is 55.5 Å². The highest BCUT2D eigenvalue weighted by atomic mass is 14.1. The van der Waals surface area contributed by atoms with Crippen molar-refractivity contribution in [2.24, 2.45) is 0 Å². The maximum absolute atomic E-state index is 2.26. The van der Waals surface area contributed by atoms with Gasteiger partial charge in [-0.15, -0.1) is 0 Å². The van der Waals surface area contributed by atoms with Crippen LogP contribution in [0, 0.1) is 0 Å². The van der Waals surface area contributed by atoms with Crippen molar-refractivity contribution in [1.29, 1.82) is 0 Å². The Morgan fingerprint density at radius 2 is 1.22 bits per heavy atom. The van der Waals surface area contributed by atoms with Crippen molar-refractivity contribution in [1.82, 2.24) is 0 Å². The van der Waals surface area contributed by atoms with Gasteiger partial charge in [0, 0.05) is 0 Å². The molecule has 2 aromatic rings. The molecule has 0 atom stereocenters. The number of benzene rings is 2. The molecule has 1 aliphatic carbocycles. The van der Waals surface area contributed by atoms with Crippen LogP contribution < -0.4 is 0 Å². The van der Waals surface area contributed by atoms with Crippen molar-refractivity contribution in [3.8, 4) is 0 Å². The summed E-state index contributed by atoms with van der Waals surface area (Å²) in [5.41, 5.74) is 4.56. The molecule has 0 bridgehead atoms. The van der Waals surface area contributed by atoms with E-state index in [4.69, 9.17) is 0 Å². The second-order valence-electron chi connectivity index (χ2n) is 4.81. The summed E-state index contributed by atoms with van der Waals surface area (Å²) in [4.78, 5) is 0. The molecule has 0 N–H and O–H groups in total. The monoisotopic (exact) mass is 238 g/mol. The SMILES string of the molecule is CCc1ccccc1.c1ccc2c(c1)CCCC2. The highest BCUT2D eigenvalue weighted by Gasteiger charge is 2.05. The first-order valence-corrected chi connectivity index (χ1v) is 7.01. The minimum absolute atomic E-state index is 1.14. The fraction of sp³-hybridized carbons (Fsp3) is 0.333. The van der Waals surface area contributed by atoms with Crippen LogP contribution in [0.4, 0.5) is 0 Å². The molecule has 0 spiro atoms. The summed E-state index contributed by atoms with van der Waals surface area (Å²) < 4.78 is 0. The predicted octanol–water partition coefficient (Wildman–Crippen LogP) is 4.81. The molecule has 0 unspecified atom stereocenters. The molecule has 18 heavy (non-hydrogen) atoms. The molecule has 0 fully saturated rings. The molecule has 3 rings (SSSR count). The molecule has 2 aromatic carbocycles. The van der Waals surface area contributed by atoms with Crippen LogP contribution in [-0.4, -0.2) is 0 Å². The first-order valence-electron chi connectivity index (χ1n) is 7.01. The maximum Gasteiger partial charge on any atom is -0.0276 e. The molecule has 0 amide bonds. The average Bonchev–Trinajstić information content (AvgIpc) is 2.49. The Labute approximate surface area is 111 Å². The Bertz CT molecular complexity index is 431. The first kappa shape index (κ1) is 12.9. The van der Waals surface area contributed by atoms with Gasteiger partial charge in [-0.05, 0) is 48.8 Å². The zero-order chi connectivity index (χ0) is 12.6. The van der Waals surface area contributed by atoms with Crippen molar-refractivity contribution in [2.75, 3.05) is 0 Å². The van der Waals surface area contributed by atoms with E-state index in [9.17, 15) is 0 Å². The molecule has 0 radical (unpaired) electrons. The van der Waals surface area contributed by atoms with Gasteiger partial charge in [-0.25, -0.2) is 0 Å². The second-order valence-corrected chi connectivity index (χ2v) is 4.81. The Balaban J connectivity index is 0.000000138. The molecule has 0 aliphatic heterocycles. The lowest BCUT2D eigenvalue weighted by atomic mass is 9.92. The van der Waals surface area contributed by atoms with Gasteiger partial charge in [0.25, 0.3) is 0 Å². The quantitative estimate of drug-likeness (QED) is 0.668. The number of hydrogen-bond acceptors (Lipinski definition) is 0. The highest BCUT2D eigenvalue weighted by Crippen LogP contribution is 2.19. The first-order chi connectivity index (χ1) is 8.90. The van der Waals surface area contributed by atoms with E-state index in [1.54, 1.807) is 11.1 Å². The molecule has 1 aliphatic rings. The van der Waals surface area contributed by atoms with Gasteiger partial charge in [0.15, 0.2) is 0 Å². The summed E-state index contributed by atoms with van der Waals surface area (Å²) >= 11 is 0. The lowest BCUT2D eigenvalue weighted by Crippen LogP contribution is -2.00. The average molecular weight is 238 g/mol. The van der Waals surface area contributed by atoms with E-state index in [1.807, 2.05) is 6.07 Å². The molecule has 0 saturated carbocycles. The van der Waals surface area contributed by atoms with E-state index in [0.717, 1.165) is 6.42 Å². The van der Waals surface area contributed by atoms with Gasteiger partial charge in [-0.3, -0.25) is 0 Å². The van der Waals surface area contributed by atoms with Gasteiger partial charge in [0.1, 0.15) is 0 Å². The topological polar surface area (TPSA) is 0 Å². The van der Waals surface area contributed by atoms with Crippen molar-refractivity contribution in [2.45, 2.75) is 39.0 Å². The number of fused-ring (bicyclic) bond motifs is 1. The van der Waals surface area contributed by atoms with Crippen LogP contribution in [0.2, 0.25) is 0 Å². The third-order valence-corrected chi connectivity index (χ3v) is 3.51. The smallest absolute Gasteiger partial charge is 0.0276 e. The zero-order valence-electron chi connectivity index (χ0n) is 11.2. The standard InChI is InChI=1S/C10H12.C8H10/c1-2-6-10-8-4-3-7-9(10)5-1;1-2-8-6-4-3-5-7-8/h1-2,5-6H,3-4,7-8H2;3-7H,2H2,1H3. The van der Waals surface area contributed by atoms with Gasteiger partial charge in [0.05, 0.1) is 0 Å². The molecule has 0 saturated heterocycles. The van der Waals surface area contributed by atoms with Crippen molar-refractivity contribution < 1.29 is 0 Å². The van der Waals surface area contributed by atoms with Crippen LogP contribution in [-0.2, 0) is 19.3 Å². The number of rotatable bonds is 1. The second kappa shape index (κ2) is 7.00. The maximum atomic E-state index is 2.26. The Hall–Kier alpha value is -1.56. The molecular weight excluding hydrogens is 216 g/mol. The van der Waals surface area contributed by atoms with Crippen LogP contribution in [0.1, 0.15) is 36.5 Å². The minimum atomic E-state index is 1.14. The van der Waals surface area contributed by atoms with Crippen molar-refractivity contribution in [3.05, 3.63) is 71.3 Å². The molecule has 94 valence electrons. The van der Waals surface area contributed by atoms with Gasteiger partial charge in [0.2, 0.25) is 0 Å². The van der Waals surface area contributed by atoms with Gasteiger partial charge in [-0.1, -0.05) is 61.5 Å². The Morgan fingerprint density at radius 3 is 1.67 bits per heavy atom. The molecular formula is C18H22. The predicted molar refractivity (Wildman–Crippen MR) is 78.9 cm³/mol. The third kappa shape index (κ3) is 3.73. The summed E-state index contributed by atoms with van der Waals surface area (Å²) in [6.45, 7) is 2.16. The normalized spacial score (nSPS) is 13.2. The van der Waals surface area contributed by atoms with E-state index in [1.165, 1.54) is 31.2 Å². The lowest BCUT2D eigenvalue weighted by molar-refractivity contribution is 0.685. The van der Waals surface area contributed by atoms with Crippen molar-refractivity contribution in [3.63, 3.8) is 0 Å². The summed E-state index contributed by atoms with van der Waals surface area (Å²) in [6.07, 6.45) is 6.52.